The van der Waals surface area contributed by atoms with Crippen LogP contribution in [0.1, 0.15) is 32.4 Å². The van der Waals surface area contributed by atoms with Crippen LogP contribution < -0.4 is 4.74 Å². The first-order chi connectivity index (χ1) is 10.6. The van der Waals surface area contributed by atoms with E-state index in [1.807, 2.05) is 0 Å². The number of carbonyl (C=O) groups is 2. The molecule has 1 aromatic carbocycles. The van der Waals surface area contributed by atoms with Gasteiger partial charge in [-0.05, 0) is 39.0 Å². The first kappa shape index (κ1) is 19.3. The molecule has 0 aromatic heterocycles. The minimum absolute atomic E-state index is 0.546. The van der Waals surface area contributed by atoms with Crippen molar-refractivity contribution >= 4 is 28.0 Å². The highest BCUT2D eigenvalue weighted by Gasteiger charge is 2.34. The van der Waals surface area contributed by atoms with E-state index in [9.17, 15) is 9.59 Å². The molecule has 0 aliphatic heterocycles. The summed E-state index contributed by atoms with van der Waals surface area (Å²) < 4.78 is 16.0. The van der Waals surface area contributed by atoms with Crippen molar-refractivity contribution in [1.82, 2.24) is 4.90 Å². The Morgan fingerprint density at radius 1 is 1.22 bits per heavy atom. The molecule has 0 aliphatic carbocycles. The van der Waals surface area contributed by atoms with Crippen LogP contribution in [0.15, 0.2) is 22.7 Å². The molecule has 1 aromatic rings. The zero-order chi connectivity index (χ0) is 17.8. The first-order valence-electron chi connectivity index (χ1n) is 6.97. The van der Waals surface area contributed by atoms with Crippen molar-refractivity contribution in [2.24, 2.45) is 0 Å². The van der Waals surface area contributed by atoms with Crippen LogP contribution in [-0.4, -0.2) is 43.8 Å². The van der Waals surface area contributed by atoms with E-state index in [0.717, 1.165) is 0 Å². The summed E-state index contributed by atoms with van der Waals surface area (Å²) in [6.07, 6.45) is -0.623. The second kappa shape index (κ2) is 7.68. The molecule has 6 nitrogen and oxygen atoms in total. The van der Waals surface area contributed by atoms with E-state index in [1.54, 1.807) is 39.0 Å². The molecular weight excluding hydrogens is 366 g/mol. The molecule has 0 heterocycles. The van der Waals surface area contributed by atoms with Gasteiger partial charge in [0.1, 0.15) is 11.4 Å². The van der Waals surface area contributed by atoms with Crippen molar-refractivity contribution in [3.63, 3.8) is 0 Å². The summed E-state index contributed by atoms with van der Waals surface area (Å²) in [4.78, 5) is 25.8. The second-order valence-corrected chi connectivity index (χ2v) is 6.76. The molecular formula is C16H22BrNO5. The Morgan fingerprint density at radius 3 is 2.30 bits per heavy atom. The molecule has 0 radical (unpaired) electrons. The van der Waals surface area contributed by atoms with Gasteiger partial charge in [-0.2, -0.15) is 0 Å². The van der Waals surface area contributed by atoms with E-state index in [1.165, 1.54) is 26.2 Å². The molecule has 128 valence electrons. The Kier molecular flexibility index (Phi) is 6.44. The summed E-state index contributed by atoms with van der Waals surface area (Å²) in [5.41, 5.74) is -0.123. The number of amides is 1. The lowest BCUT2D eigenvalue weighted by Crippen LogP contribution is -2.40. The third-order valence-corrected chi connectivity index (χ3v) is 3.71. The maximum Gasteiger partial charge on any atom is 0.411 e. The molecule has 7 heteroatoms. The van der Waals surface area contributed by atoms with Gasteiger partial charge < -0.3 is 14.2 Å². The minimum Gasteiger partial charge on any atom is -0.497 e. The van der Waals surface area contributed by atoms with Gasteiger partial charge in [-0.15, -0.1) is 0 Å². The van der Waals surface area contributed by atoms with Gasteiger partial charge in [0.25, 0.3) is 0 Å². The Hall–Kier alpha value is -1.76. The molecule has 0 bridgehead atoms. The largest absolute Gasteiger partial charge is 0.497 e. The fourth-order valence-electron chi connectivity index (χ4n) is 1.90. The van der Waals surface area contributed by atoms with Gasteiger partial charge in [0, 0.05) is 17.1 Å². The van der Waals surface area contributed by atoms with Gasteiger partial charge in [-0.25, -0.2) is 9.59 Å². The summed E-state index contributed by atoms with van der Waals surface area (Å²) in [5, 5.41) is 0. The standard InChI is InChI=1S/C16H22BrNO5/c1-16(2,3)23-15(20)18(4)13(14(19)22-6)11-9-10(21-5)7-8-12(11)17/h7-9,13H,1-6H3. The lowest BCUT2D eigenvalue weighted by Gasteiger charge is -2.30. The number of hydrogen-bond acceptors (Lipinski definition) is 5. The highest BCUT2D eigenvalue weighted by atomic mass is 79.9. The van der Waals surface area contributed by atoms with E-state index in [2.05, 4.69) is 15.9 Å². The average Bonchev–Trinajstić information content (AvgIpc) is 2.47. The van der Waals surface area contributed by atoms with E-state index < -0.39 is 23.7 Å². The van der Waals surface area contributed by atoms with E-state index in [4.69, 9.17) is 14.2 Å². The second-order valence-electron chi connectivity index (χ2n) is 5.90. The first-order valence-corrected chi connectivity index (χ1v) is 7.77. The maximum absolute atomic E-state index is 12.3. The third kappa shape index (κ3) is 5.13. The Bertz CT molecular complexity index is 582. The van der Waals surface area contributed by atoms with Crippen molar-refractivity contribution in [2.75, 3.05) is 21.3 Å². The minimum atomic E-state index is -0.959. The number of carbonyl (C=O) groups excluding carboxylic acids is 2. The van der Waals surface area contributed by atoms with Gasteiger partial charge in [-0.3, -0.25) is 4.90 Å². The fraction of sp³-hybridized carbons (Fsp3) is 0.500. The van der Waals surface area contributed by atoms with Crippen LogP contribution in [0.4, 0.5) is 4.79 Å². The van der Waals surface area contributed by atoms with E-state index >= 15 is 0 Å². The van der Waals surface area contributed by atoms with Gasteiger partial charge in [0.15, 0.2) is 6.04 Å². The van der Waals surface area contributed by atoms with Crippen molar-refractivity contribution in [1.29, 1.82) is 0 Å². The van der Waals surface area contributed by atoms with Crippen LogP contribution in [-0.2, 0) is 14.3 Å². The maximum atomic E-state index is 12.3. The van der Waals surface area contributed by atoms with Crippen LogP contribution in [0.5, 0.6) is 5.75 Å². The molecule has 0 saturated heterocycles. The Balaban J connectivity index is 3.25. The Labute approximate surface area is 144 Å². The Morgan fingerprint density at radius 2 is 1.83 bits per heavy atom. The van der Waals surface area contributed by atoms with Crippen molar-refractivity contribution in [3.8, 4) is 5.75 Å². The fourth-order valence-corrected chi connectivity index (χ4v) is 2.37. The number of rotatable bonds is 4. The summed E-state index contributed by atoms with van der Waals surface area (Å²) in [5.74, 6) is -0.0120. The molecule has 23 heavy (non-hydrogen) atoms. The molecule has 0 aliphatic rings. The zero-order valence-electron chi connectivity index (χ0n) is 14.2. The molecule has 0 fully saturated rings. The van der Waals surface area contributed by atoms with E-state index in [-0.39, 0.29) is 0 Å². The van der Waals surface area contributed by atoms with Crippen LogP contribution >= 0.6 is 15.9 Å². The predicted molar refractivity (Wildman–Crippen MR) is 89.4 cm³/mol. The van der Waals surface area contributed by atoms with Gasteiger partial charge in [-0.1, -0.05) is 15.9 Å². The highest BCUT2D eigenvalue weighted by Crippen LogP contribution is 2.32. The van der Waals surface area contributed by atoms with Crippen LogP contribution in [0.3, 0.4) is 0 Å². The summed E-state index contributed by atoms with van der Waals surface area (Å²) in [6, 6.07) is 4.20. The lowest BCUT2D eigenvalue weighted by atomic mass is 10.1. The van der Waals surface area contributed by atoms with Crippen LogP contribution in [0.2, 0.25) is 0 Å². The number of esters is 1. The molecule has 0 N–H and O–H groups in total. The van der Waals surface area contributed by atoms with Crippen molar-refractivity contribution in [2.45, 2.75) is 32.4 Å². The van der Waals surface area contributed by atoms with Gasteiger partial charge in [0.05, 0.1) is 14.2 Å². The number of ether oxygens (including phenoxy) is 3. The topological polar surface area (TPSA) is 65.1 Å². The summed E-state index contributed by atoms with van der Waals surface area (Å²) >= 11 is 3.39. The number of benzene rings is 1. The number of methoxy groups -OCH3 is 2. The highest BCUT2D eigenvalue weighted by molar-refractivity contribution is 9.10. The van der Waals surface area contributed by atoms with Gasteiger partial charge >= 0.3 is 12.1 Å². The zero-order valence-corrected chi connectivity index (χ0v) is 15.8. The van der Waals surface area contributed by atoms with Crippen LogP contribution in [0.25, 0.3) is 0 Å². The number of likely N-dealkylation sites (N-methyl/N-ethyl adjacent to an activating group) is 1. The van der Waals surface area contributed by atoms with Crippen molar-refractivity contribution < 1.29 is 23.8 Å². The molecule has 1 rings (SSSR count). The lowest BCUT2D eigenvalue weighted by molar-refractivity contribution is -0.146. The molecule has 1 amide bonds. The molecule has 0 spiro atoms. The third-order valence-electron chi connectivity index (χ3n) is 2.99. The van der Waals surface area contributed by atoms with Crippen LogP contribution in [0, 0.1) is 0 Å². The SMILES string of the molecule is COC(=O)C(c1cc(OC)ccc1Br)N(C)C(=O)OC(C)(C)C. The smallest absolute Gasteiger partial charge is 0.411 e. The van der Waals surface area contributed by atoms with Gasteiger partial charge in [0.2, 0.25) is 0 Å². The normalized spacial score (nSPS) is 12.3. The summed E-state index contributed by atoms with van der Waals surface area (Å²) in [7, 11) is 4.28. The number of nitrogens with zero attached hydrogens (tertiary/aromatic N) is 1. The predicted octanol–water partition coefficient (Wildman–Crippen LogP) is 3.54. The molecule has 0 saturated carbocycles. The number of halogens is 1. The number of hydrogen-bond donors (Lipinski definition) is 0. The molecule has 1 atom stereocenters. The van der Waals surface area contributed by atoms with Crippen molar-refractivity contribution in [3.05, 3.63) is 28.2 Å². The van der Waals surface area contributed by atoms with E-state index in [0.29, 0.717) is 15.8 Å². The molecule has 1 unspecified atom stereocenters. The average molecular weight is 388 g/mol. The summed E-state index contributed by atoms with van der Waals surface area (Å²) in [6.45, 7) is 5.27. The monoisotopic (exact) mass is 387 g/mol. The quantitative estimate of drug-likeness (QED) is 0.739.